The first-order valence-corrected chi connectivity index (χ1v) is 6.15. The minimum Gasteiger partial charge on any atom is -0.366 e. The van der Waals surface area contributed by atoms with Crippen LogP contribution in [0.5, 0.6) is 0 Å². The Morgan fingerprint density at radius 2 is 2.10 bits per heavy atom. The zero-order chi connectivity index (χ0) is 14.3. The molecule has 0 aliphatic rings. The summed E-state index contributed by atoms with van der Waals surface area (Å²) in [5.41, 5.74) is 7.95. The van der Waals surface area contributed by atoms with Crippen LogP contribution in [-0.2, 0) is 7.05 Å². The summed E-state index contributed by atoms with van der Waals surface area (Å²) < 4.78 is 1.52. The first-order chi connectivity index (χ1) is 9.58. The molecule has 100 valence electrons. The molecule has 0 unspecified atom stereocenters. The van der Waals surface area contributed by atoms with Crippen LogP contribution in [0.1, 0.15) is 10.4 Å². The highest BCUT2D eigenvalue weighted by Gasteiger charge is 2.11. The molecule has 0 aliphatic heterocycles. The van der Waals surface area contributed by atoms with Gasteiger partial charge < -0.3 is 15.3 Å². The summed E-state index contributed by atoms with van der Waals surface area (Å²) in [4.78, 5) is 26.2. The largest absolute Gasteiger partial charge is 0.366 e. The number of hydrogen-bond donors (Lipinski definition) is 2. The maximum absolute atomic E-state index is 12.0. The standard InChI is InChI=1S/C15H13N3O2/c1-18-8-12(11-5-6-17-13(11)15(18)20)9-3-2-4-10(7-9)14(16)19/h2-8,17H,1H3,(H2,16,19). The van der Waals surface area contributed by atoms with Gasteiger partial charge in [-0.2, -0.15) is 0 Å². The third kappa shape index (κ3) is 1.80. The molecular weight excluding hydrogens is 254 g/mol. The van der Waals surface area contributed by atoms with Crippen molar-refractivity contribution >= 4 is 16.8 Å². The van der Waals surface area contributed by atoms with Gasteiger partial charge in [0, 0.05) is 36.0 Å². The monoisotopic (exact) mass is 267 g/mol. The van der Waals surface area contributed by atoms with E-state index in [2.05, 4.69) is 4.98 Å². The number of benzene rings is 1. The van der Waals surface area contributed by atoms with E-state index in [0.29, 0.717) is 11.1 Å². The molecule has 3 N–H and O–H groups in total. The number of pyridine rings is 1. The summed E-state index contributed by atoms with van der Waals surface area (Å²) in [6.45, 7) is 0. The van der Waals surface area contributed by atoms with Crippen LogP contribution in [0.2, 0.25) is 0 Å². The SMILES string of the molecule is Cn1cc(-c2cccc(C(N)=O)c2)c2cc[nH]c2c1=O. The number of aromatic nitrogens is 2. The number of carbonyl (C=O) groups excluding carboxylic acids is 1. The Hall–Kier alpha value is -2.82. The molecule has 1 amide bonds. The number of fused-ring (bicyclic) bond motifs is 1. The van der Waals surface area contributed by atoms with Crippen LogP contribution in [0.25, 0.3) is 22.0 Å². The zero-order valence-corrected chi connectivity index (χ0v) is 10.9. The molecular formula is C15H13N3O2. The van der Waals surface area contributed by atoms with E-state index in [9.17, 15) is 9.59 Å². The first-order valence-electron chi connectivity index (χ1n) is 6.15. The van der Waals surface area contributed by atoms with Crippen molar-refractivity contribution in [1.29, 1.82) is 0 Å². The molecule has 0 saturated carbocycles. The van der Waals surface area contributed by atoms with E-state index in [-0.39, 0.29) is 5.56 Å². The van der Waals surface area contributed by atoms with Gasteiger partial charge in [0.05, 0.1) is 0 Å². The number of aromatic amines is 1. The summed E-state index contributed by atoms with van der Waals surface area (Å²) in [6, 6.07) is 8.91. The van der Waals surface area contributed by atoms with E-state index in [1.807, 2.05) is 12.1 Å². The molecule has 0 spiro atoms. The van der Waals surface area contributed by atoms with Gasteiger partial charge in [-0.05, 0) is 23.8 Å². The van der Waals surface area contributed by atoms with E-state index >= 15 is 0 Å². The highest BCUT2D eigenvalue weighted by molar-refractivity contribution is 5.97. The van der Waals surface area contributed by atoms with Crippen molar-refractivity contribution in [2.75, 3.05) is 0 Å². The van der Waals surface area contributed by atoms with Crippen LogP contribution in [0.15, 0.2) is 47.5 Å². The number of aryl methyl sites for hydroxylation is 1. The highest BCUT2D eigenvalue weighted by atomic mass is 16.1. The Labute approximate surface area is 114 Å². The Balaban J connectivity index is 2.32. The van der Waals surface area contributed by atoms with Crippen molar-refractivity contribution in [2.24, 2.45) is 12.8 Å². The Morgan fingerprint density at radius 3 is 2.85 bits per heavy atom. The number of carbonyl (C=O) groups is 1. The third-order valence-electron chi connectivity index (χ3n) is 3.35. The van der Waals surface area contributed by atoms with Crippen molar-refractivity contribution in [3.05, 3.63) is 58.6 Å². The molecule has 0 atom stereocenters. The molecule has 0 saturated heterocycles. The van der Waals surface area contributed by atoms with E-state index in [0.717, 1.165) is 16.5 Å². The van der Waals surface area contributed by atoms with Crippen LogP contribution in [0.3, 0.4) is 0 Å². The van der Waals surface area contributed by atoms with Crippen molar-refractivity contribution in [1.82, 2.24) is 9.55 Å². The van der Waals surface area contributed by atoms with Crippen molar-refractivity contribution in [2.45, 2.75) is 0 Å². The number of H-pyrrole nitrogens is 1. The van der Waals surface area contributed by atoms with Gasteiger partial charge >= 0.3 is 0 Å². The lowest BCUT2D eigenvalue weighted by Crippen LogP contribution is -2.16. The van der Waals surface area contributed by atoms with Crippen LogP contribution < -0.4 is 11.3 Å². The second-order valence-corrected chi connectivity index (χ2v) is 4.67. The van der Waals surface area contributed by atoms with Gasteiger partial charge in [0.25, 0.3) is 5.56 Å². The molecule has 0 bridgehead atoms. The van der Waals surface area contributed by atoms with E-state index in [1.165, 1.54) is 4.57 Å². The van der Waals surface area contributed by atoms with E-state index < -0.39 is 5.91 Å². The number of nitrogens with one attached hydrogen (secondary N) is 1. The summed E-state index contributed by atoms with van der Waals surface area (Å²) in [6.07, 6.45) is 3.49. The van der Waals surface area contributed by atoms with Gasteiger partial charge in [-0.3, -0.25) is 9.59 Å². The molecule has 0 aliphatic carbocycles. The number of rotatable bonds is 2. The van der Waals surface area contributed by atoms with Gasteiger partial charge in [-0.25, -0.2) is 0 Å². The Bertz CT molecular complexity index is 874. The molecule has 2 heterocycles. The second kappa shape index (κ2) is 4.38. The fourth-order valence-electron chi connectivity index (χ4n) is 2.34. The van der Waals surface area contributed by atoms with Gasteiger partial charge in [-0.15, -0.1) is 0 Å². The Morgan fingerprint density at radius 1 is 1.30 bits per heavy atom. The van der Waals surface area contributed by atoms with E-state index in [4.69, 9.17) is 5.73 Å². The maximum atomic E-state index is 12.0. The lowest BCUT2D eigenvalue weighted by atomic mass is 10.0. The maximum Gasteiger partial charge on any atom is 0.274 e. The minimum absolute atomic E-state index is 0.0835. The number of hydrogen-bond acceptors (Lipinski definition) is 2. The topological polar surface area (TPSA) is 80.9 Å². The van der Waals surface area contributed by atoms with Crippen LogP contribution >= 0.6 is 0 Å². The summed E-state index contributed by atoms with van der Waals surface area (Å²) in [5.74, 6) is -0.470. The first kappa shape index (κ1) is 12.2. The number of nitrogens with two attached hydrogens (primary N) is 1. The van der Waals surface area contributed by atoms with Gasteiger partial charge in [0.2, 0.25) is 5.91 Å². The number of amides is 1. The predicted molar refractivity (Wildman–Crippen MR) is 77.5 cm³/mol. The lowest BCUT2D eigenvalue weighted by Gasteiger charge is -2.07. The predicted octanol–water partition coefficient (Wildman–Crippen LogP) is 1.63. The van der Waals surface area contributed by atoms with Crippen LogP contribution in [0.4, 0.5) is 0 Å². The fourth-order valence-corrected chi connectivity index (χ4v) is 2.34. The molecule has 0 fully saturated rings. The number of primary amides is 1. The average Bonchev–Trinajstić information content (AvgIpc) is 2.92. The Kier molecular flexibility index (Phi) is 2.68. The van der Waals surface area contributed by atoms with Crippen LogP contribution in [-0.4, -0.2) is 15.5 Å². The second-order valence-electron chi connectivity index (χ2n) is 4.67. The average molecular weight is 267 g/mol. The van der Waals surface area contributed by atoms with Crippen LogP contribution in [0, 0.1) is 0 Å². The van der Waals surface area contributed by atoms with Crippen molar-refractivity contribution in [3.8, 4) is 11.1 Å². The zero-order valence-electron chi connectivity index (χ0n) is 10.9. The molecule has 20 heavy (non-hydrogen) atoms. The molecule has 2 aromatic heterocycles. The van der Waals surface area contributed by atoms with Crippen molar-refractivity contribution < 1.29 is 4.79 Å². The van der Waals surface area contributed by atoms with Crippen molar-refractivity contribution in [3.63, 3.8) is 0 Å². The molecule has 3 rings (SSSR count). The normalized spacial score (nSPS) is 10.8. The van der Waals surface area contributed by atoms with E-state index in [1.54, 1.807) is 37.6 Å². The smallest absolute Gasteiger partial charge is 0.274 e. The minimum atomic E-state index is -0.470. The van der Waals surface area contributed by atoms with Gasteiger partial charge in [-0.1, -0.05) is 12.1 Å². The highest BCUT2D eigenvalue weighted by Crippen LogP contribution is 2.26. The quantitative estimate of drug-likeness (QED) is 0.740. The number of nitrogens with zero attached hydrogens (tertiary/aromatic N) is 1. The summed E-state index contributed by atoms with van der Waals surface area (Å²) in [5, 5.41) is 0.828. The molecule has 0 radical (unpaired) electrons. The third-order valence-corrected chi connectivity index (χ3v) is 3.35. The summed E-state index contributed by atoms with van der Waals surface area (Å²) in [7, 11) is 1.70. The fraction of sp³-hybridized carbons (Fsp3) is 0.0667. The molecule has 1 aromatic carbocycles. The summed E-state index contributed by atoms with van der Waals surface area (Å²) >= 11 is 0. The molecule has 3 aromatic rings. The van der Waals surface area contributed by atoms with Gasteiger partial charge in [0.15, 0.2) is 0 Å². The lowest BCUT2D eigenvalue weighted by molar-refractivity contribution is 0.100. The molecule has 5 heteroatoms. The molecule has 5 nitrogen and oxygen atoms in total. The van der Waals surface area contributed by atoms with Gasteiger partial charge in [0.1, 0.15) is 5.52 Å².